The summed E-state index contributed by atoms with van der Waals surface area (Å²) in [5.41, 5.74) is -1.27. The SMILES string of the molecule is COc1c(N2C[C@H](CNC3CC3)[C@@H](C(F)(F)F)C2)c(F)cc2c(=O)c(C(=O)O)cn(C3CC3)c12. The Balaban J connectivity index is 1.63. The molecule has 1 aromatic heterocycles. The maximum atomic E-state index is 15.4. The number of nitrogens with zero attached hydrogens (tertiary/aromatic N) is 2. The van der Waals surface area contributed by atoms with Gasteiger partial charge < -0.3 is 24.6 Å². The van der Waals surface area contributed by atoms with Crippen LogP contribution in [0.3, 0.4) is 0 Å². The molecule has 3 fully saturated rings. The van der Waals surface area contributed by atoms with Crippen molar-refractivity contribution in [3.8, 4) is 5.75 Å². The van der Waals surface area contributed by atoms with Crippen molar-refractivity contribution < 1.29 is 32.2 Å². The number of rotatable bonds is 7. The molecule has 34 heavy (non-hydrogen) atoms. The van der Waals surface area contributed by atoms with E-state index in [1.807, 2.05) is 0 Å². The molecule has 0 bridgehead atoms. The van der Waals surface area contributed by atoms with Crippen molar-refractivity contribution in [2.24, 2.45) is 11.8 Å². The lowest BCUT2D eigenvalue weighted by Crippen LogP contribution is -2.36. The van der Waals surface area contributed by atoms with Crippen molar-refractivity contribution in [2.75, 3.05) is 31.6 Å². The van der Waals surface area contributed by atoms with Gasteiger partial charge in [0.25, 0.3) is 0 Å². The fourth-order valence-corrected chi connectivity index (χ4v) is 4.96. The summed E-state index contributed by atoms with van der Waals surface area (Å²) in [7, 11) is 1.27. The number of alkyl halides is 3. The molecule has 5 rings (SSSR count). The molecule has 0 unspecified atom stereocenters. The molecule has 2 aliphatic carbocycles. The van der Waals surface area contributed by atoms with Gasteiger partial charge in [0.1, 0.15) is 11.3 Å². The molecular formula is C23H25F4N3O4. The highest BCUT2D eigenvalue weighted by Crippen LogP contribution is 2.47. The van der Waals surface area contributed by atoms with E-state index in [1.54, 1.807) is 4.57 Å². The van der Waals surface area contributed by atoms with Crippen LogP contribution < -0.4 is 20.4 Å². The summed E-state index contributed by atoms with van der Waals surface area (Å²) in [5, 5.41) is 12.4. The summed E-state index contributed by atoms with van der Waals surface area (Å²) in [6, 6.07) is 1.08. The van der Waals surface area contributed by atoms with Crippen LogP contribution in [-0.2, 0) is 0 Å². The molecule has 2 saturated carbocycles. The van der Waals surface area contributed by atoms with Gasteiger partial charge in [0.2, 0.25) is 5.43 Å². The summed E-state index contributed by atoms with van der Waals surface area (Å²) in [4.78, 5) is 25.8. The first kappa shape index (κ1) is 22.9. The molecule has 7 nitrogen and oxygen atoms in total. The van der Waals surface area contributed by atoms with Gasteiger partial charge in [-0.2, -0.15) is 13.2 Å². The van der Waals surface area contributed by atoms with Gasteiger partial charge in [0.15, 0.2) is 11.6 Å². The van der Waals surface area contributed by atoms with Crippen molar-refractivity contribution in [1.29, 1.82) is 0 Å². The second kappa shape index (κ2) is 8.14. The number of halogens is 4. The molecule has 2 heterocycles. The maximum absolute atomic E-state index is 15.4. The second-order valence-electron chi connectivity index (χ2n) is 9.45. The van der Waals surface area contributed by atoms with Crippen LogP contribution in [0.25, 0.3) is 10.9 Å². The van der Waals surface area contributed by atoms with Crippen molar-refractivity contribution >= 4 is 22.6 Å². The minimum Gasteiger partial charge on any atom is -0.492 e. The van der Waals surface area contributed by atoms with Gasteiger partial charge in [0.05, 0.1) is 23.9 Å². The normalized spacial score (nSPS) is 23.0. The summed E-state index contributed by atoms with van der Waals surface area (Å²) in [6.45, 7) is -0.276. The van der Waals surface area contributed by atoms with Crippen LogP contribution >= 0.6 is 0 Å². The van der Waals surface area contributed by atoms with Crippen LogP contribution in [0.1, 0.15) is 42.1 Å². The van der Waals surface area contributed by atoms with E-state index in [9.17, 15) is 27.9 Å². The number of nitrogens with one attached hydrogen (secondary N) is 1. The molecule has 184 valence electrons. The Morgan fingerprint density at radius 2 is 1.94 bits per heavy atom. The quantitative estimate of drug-likeness (QED) is 0.587. The Morgan fingerprint density at radius 3 is 2.50 bits per heavy atom. The van der Waals surface area contributed by atoms with Crippen LogP contribution in [0.5, 0.6) is 5.75 Å². The van der Waals surface area contributed by atoms with E-state index in [0.29, 0.717) is 0 Å². The van der Waals surface area contributed by atoms with Crippen LogP contribution in [0.15, 0.2) is 17.1 Å². The van der Waals surface area contributed by atoms with Gasteiger partial charge in [-0.05, 0) is 31.7 Å². The Bertz CT molecular complexity index is 1200. The smallest absolute Gasteiger partial charge is 0.393 e. The second-order valence-corrected chi connectivity index (χ2v) is 9.45. The minimum atomic E-state index is -4.45. The first-order valence-corrected chi connectivity index (χ1v) is 11.3. The number of aromatic nitrogens is 1. The Hall–Kier alpha value is -2.82. The van der Waals surface area contributed by atoms with Crippen molar-refractivity contribution in [1.82, 2.24) is 9.88 Å². The van der Waals surface area contributed by atoms with Gasteiger partial charge in [0, 0.05) is 43.8 Å². The Kier molecular flexibility index (Phi) is 5.50. The zero-order valence-electron chi connectivity index (χ0n) is 18.5. The maximum Gasteiger partial charge on any atom is 0.393 e. The number of methoxy groups -OCH3 is 1. The number of carboxylic acid groups (broad SMARTS) is 1. The fraction of sp³-hybridized carbons (Fsp3) is 0.565. The van der Waals surface area contributed by atoms with Gasteiger partial charge in [-0.25, -0.2) is 9.18 Å². The zero-order chi connectivity index (χ0) is 24.4. The van der Waals surface area contributed by atoms with Gasteiger partial charge >= 0.3 is 12.1 Å². The molecule has 2 aromatic rings. The van der Waals surface area contributed by atoms with E-state index in [4.69, 9.17) is 4.74 Å². The van der Waals surface area contributed by atoms with Crippen molar-refractivity contribution in [2.45, 2.75) is 43.9 Å². The first-order chi connectivity index (χ1) is 16.1. The number of anilines is 1. The van der Waals surface area contributed by atoms with Crippen LogP contribution in [0.4, 0.5) is 23.2 Å². The van der Waals surface area contributed by atoms with E-state index in [0.717, 1.165) is 31.7 Å². The monoisotopic (exact) mass is 483 g/mol. The number of ether oxygens (including phenoxy) is 1. The number of hydrogen-bond donors (Lipinski definition) is 2. The van der Waals surface area contributed by atoms with E-state index in [1.165, 1.54) is 18.2 Å². The van der Waals surface area contributed by atoms with Gasteiger partial charge in [-0.3, -0.25) is 4.79 Å². The summed E-state index contributed by atoms with van der Waals surface area (Å²) in [6.07, 6.45) is 0.134. The molecular weight excluding hydrogens is 458 g/mol. The summed E-state index contributed by atoms with van der Waals surface area (Å²) < 4.78 is 64.1. The number of aromatic carboxylic acids is 1. The number of hydrogen-bond acceptors (Lipinski definition) is 5. The predicted octanol–water partition coefficient (Wildman–Crippen LogP) is 3.55. The van der Waals surface area contributed by atoms with E-state index in [-0.39, 0.29) is 47.5 Å². The van der Waals surface area contributed by atoms with Crippen LogP contribution in [0, 0.1) is 17.7 Å². The van der Waals surface area contributed by atoms with E-state index >= 15 is 4.39 Å². The number of fused-ring (bicyclic) bond motifs is 1. The average molecular weight is 483 g/mol. The van der Waals surface area contributed by atoms with E-state index < -0.39 is 47.3 Å². The first-order valence-electron chi connectivity index (χ1n) is 11.3. The van der Waals surface area contributed by atoms with Gasteiger partial charge in [-0.1, -0.05) is 0 Å². The molecule has 0 radical (unpaired) electrons. The Labute approximate surface area is 192 Å². The molecule has 1 aromatic carbocycles. The Morgan fingerprint density at radius 1 is 1.24 bits per heavy atom. The summed E-state index contributed by atoms with van der Waals surface area (Å²) >= 11 is 0. The molecule has 0 spiro atoms. The molecule has 2 N–H and O–H groups in total. The van der Waals surface area contributed by atoms with Gasteiger partial charge in [-0.15, -0.1) is 0 Å². The third-order valence-electron chi connectivity index (χ3n) is 7.00. The average Bonchev–Trinajstić information content (AvgIpc) is 3.69. The molecule has 11 heteroatoms. The molecule has 3 aliphatic rings. The summed E-state index contributed by atoms with van der Waals surface area (Å²) in [5.74, 6) is -4.79. The number of pyridine rings is 1. The molecule has 1 saturated heterocycles. The van der Waals surface area contributed by atoms with Crippen molar-refractivity contribution in [3.63, 3.8) is 0 Å². The lowest BCUT2D eigenvalue weighted by molar-refractivity contribution is -0.178. The predicted molar refractivity (Wildman–Crippen MR) is 116 cm³/mol. The highest BCUT2D eigenvalue weighted by Gasteiger charge is 2.50. The molecule has 1 aliphatic heterocycles. The molecule has 2 atom stereocenters. The topological polar surface area (TPSA) is 83.8 Å². The third kappa shape index (κ3) is 3.99. The van der Waals surface area contributed by atoms with Crippen molar-refractivity contribution in [3.05, 3.63) is 33.9 Å². The van der Waals surface area contributed by atoms with Crippen LogP contribution in [-0.4, -0.2) is 54.6 Å². The number of benzene rings is 1. The number of carbonyl (C=O) groups is 1. The third-order valence-corrected chi connectivity index (χ3v) is 7.00. The lowest BCUT2D eigenvalue weighted by Gasteiger charge is -2.25. The zero-order valence-corrected chi connectivity index (χ0v) is 18.5. The lowest BCUT2D eigenvalue weighted by atomic mass is 9.95. The largest absolute Gasteiger partial charge is 0.492 e. The fourth-order valence-electron chi connectivity index (χ4n) is 4.96. The minimum absolute atomic E-state index is 0.0243. The van der Waals surface area contributed by atoms with Crippen LogP contribution in [0.2, 0.25) is 0 Å². The standard InChI is InChI=1S/C23H25F4N3O4/c1-34-21-18-14(20(31)15(22(32)33)9-30(18)13-4-5-13)6-17(24)19(21)29-8-11(7-28-12-2-3-12)16(10-29)23(25,26)27/h6,9,11-13,16,28H,2-5,7-8,10H2,1H3,(H,32,33)/t11-,16-/m0/s1. The number of carboxylic acids is 1. The molecule has 0 amide bonds. The van der Waals surface area contributed by atoms with E-state index in [2.05, 4.69) is 5.32 Å². The highest BCUT2D eigenvalue weighted by molar-refractivity contribution is 5.97. The highest BCUT2D eigenvalue weighted by atomic mass is 19.4.